The fourth-order valence-electron chi connectivity index (χ4n) is 4.41. The summed E-state index contributed by atoms with van der Waals surface area (Å²) >= 11 is 1.47. The van der Waals surface area contributed by atoms with Gasteiger partial charge in [-0.15, -0.1) is 0 Å². The third-order valence-electron chi connectivity index (χ3n) is 7.03. The van der Waals surface area contributed by atoms with Crippen LogP contribution < -0.4 is 19.5 Å². The maximum atomic E-state index is 11.2. The van der Waals surface area contributed by atoms with E-state index in [0.29, 0.717) is 32.1 Å². The van der Waals surface area contributed by atoms with Crippen LogP contribution in [0.3, 0.4) is 0 Å². The van der Waals surface area contributed by atoms with Gasteiger partial charge in [0.2, 0.25) is 0 Å². The molecule has 0 saturated carbocycles. The lowest BCUT2D eigenvalue weighted by Crippen LogP contribution is -2.46. The highest BCUT2D eigenvalue weighted by atomic mass is 32.2. The minimum atomic E-state index is -0.697. The zero-order valence-corrected chi connectivity index (χ0v) is 29.2. The van der Waals surface area contributed by atoms with E-state index >= 15 is 0 Å². The lowest BCUT2D eigenvalue weighted by molar-refractivity contribution is 0.0294. The zero-order valence-electron chi connectivity index (χ0n) is 28.4. The molecule has 0 saturated heterocycles. The van der Waals surface area contributed by atoms with Crippen molar-refractivity contribution in [1.82, 2.24) is 10.0 Å². The van der Waals surface area contributed by atoms with Crippen LogP contribution in [0.1, 0.15) is 78.4 Å². The summed E-state index contributed by atoms with van der Waals surface area (Å²) in [5.74, 6) is 2.15. The van der Waals surface area contributed by atoms with Gasteiger partial charge in [-0.1, -0.05) is 50.3 Å². The number of aliphatic hydroxyl groups is 2. The first-order valence-electron chi connectivity index (χ1n) is 16.1. The lowest BCUT2D eigenvalue weighted by Gasteiger charge is -2.30. The molecule has 0 aromatic heterocycles. The van der Waals surface area contributed by atoms with Crippen LogP contribution in [0, 0.1) is 6.92 Å². The molecule has 1 aliphatic carbocycles. The number of allylic oxidation sites excluding steroid dienone is 3. The van der Waals surface area contributed by atoms with Crippen molar-refractivity contribution in [3.63, 3.8) is 0 Å². The molecule has 0 bridgehead atoms. The number of nitrogens with one attached hydrogen (secondary N) is 2. The minimum Gasteiger partial charge on any atom is -0.494 e. The van der Waals surface area contributed by atoms with Gasteiger partial charge < -0.3 is 29.7 Å². The Morgan fingerprint density at radius 1 is 1.02 bits per heavy atom. The molecule has 45 heavy (non-hydrogen) atoms. The maximum absolute atomic E-state index is 11.2. The predicted molar refractivity (Wildman–Crippen MR) is 188 cm³/mol. The summed E-state index contributed by atoms with van der Waals surface area (Å²) in [6, 6.07) is 13.9. The highest BCUT2D eigenvalue weighted by molar-refractivity contribution is 7.97. The second-order valence-corrected chi connectivity index (χ2v) is 13.1. The Kier molecular flexibility index (Phi) is 17.2. The number of hydrogen-bond acceptors (Lipinski definition) is 8. The van der Waals surface area contributed by atoms with Gasteiger partial charge in [-0.3, -0.25) is 4.72 Å². The van der Waals surface area contributed by atoms with Crippen molar-refractivity contribution in [1.29, 1.82) is 0 Å². The Hall–Kier alpha value is -2.91. The van der Waals surface area contributed by atoms with Crippen molar-refractivity contribution in [3.05, 3.63) is 89.9 Å². The van der Waals surface area contributed by atoms with E-state index in [1.165, 1.54) is 17.5 Å². The maximum Gasteiger partial charge on any atom is 0.180 e. The number of ether oxygens (including phenoxy) is 3. The van der Waals surface area contributed by atoms with Crippen molar-refractivity contribution in [2.45, 2.75) is 109 Å². The Labute approximate surface area is 276 Å². The third-order valence-corrected chi connectivity index (χ3v) is 7.83. The molecule has 2 unspecified atom stereocenters. The summed E-state index contributed by atoms with van der Waals surface area (Å²) in [7, 11) is 0. The fraction of sp³-hybridized carbons (Fsp3) is 0.514. The van der Waals surface area contributed by atoms with Gasteiger partial charge in [0, 0.05) is 11.4 Å². The molecule has 250 valence electrons. The van der Waals surface area contributed by atoms with Gasteiger partial charge in [0.1, 0.15) is 23.7 Å². The number of benzene rings is 2. The largest absolute Gasteiger partial charge is 0.494 e. The highest BCUT2D eigenvalue weighted by Crippen LogP contribution is 2.25. The Morgan fingerprint density at radius 2 is 1.73 bits per heavy atom. The number of hydrogen-bond donors (Lipinski definition) is 4. The van der Waals surface area contributed by atoms with Crippen molar-refractivity contribution in [3.8, 4) is 11.5 Å². The highest BCUT2D eigenvalue weighted by Gasteiger charge is 2.23. The first kappa shape index (κ1) is 38.3. The molecule has 0 aliphatic heterocycles. The molecule has 2 aromatic carbocycles. The van der Waals surface area contributed by atoms with Crippen molar-refractivity contribution in [2.24, 2.45) is 0 Å². The number of rotatable bonds is 17. The summed E-state index contributed by atoms with van der Waals surface area (Å²) in [5.41, 5.74) is 3.09. The average molecular weight is 641 g/mol. The van der Waals surface area contributed by atoms with Gasteiger partial charge in [-0.2, -0.15) is 0 Å². The van der Waals surface area contributed by atoms with E-state index in [9.17, 15) is 5.11 Å². The Bertz CT molecular complexity index is 1200. The number of aryl methyl sites for hydroxylation is 1. The smallest absolute Gasteiger partial charge is 0.180 e. The Balaban J connectivity index is 0.00000107. The summed E-state index contributed by atoms with van der Waals surface area (Å²) in [5, 5.41) is 23.1. The van der Waals surface area contributed by atoms with Gasteiger partial charge in [0.25, 0.3) is 0 Å². The molecule has 0 amide bonds. The molecule has 1 aliphatic rings. The first-order chi connectivity index (χ1) is 21.4. The molecule has 2 atom stereocenters. The molecule has 0 heterocycles. The summed E-state index contributed by atoms with van der Waals surface area (Å²) in [4.78, 5) is 1.02. The topological polar surface area (TPSA) is 92.2 Å². The quantitative estimate of drug-likeness (QED) is 0.104. The molecular formula is C37H56N2O5S. The van der Waals surface area contributed by atoms with Gasteiger partial charge >= 0.3 is 0 Å². The first-order valence-corrected chi connectivity index (χ1v) is 17.0. The molecule has 0 radical (unpaired) electrons. The standard InChI is InChI=1S/C32H44N2O4S.C5H12O/c1-7-36-31-20-28(18-13-23(31)2)39-33-21-30(35)29(34-24(3)38-32(4,5)6)19-25-14-16-27(17-15-25)37-22-26-11-9-8-10-12-26;1-3-5(6)4-2/h8-9,11,13-18,20,29-30,33-35H,3,7,10,12,19,21-22H2,1-2,4-6H3;5-6H,3-4H2,1-2H3. The van der Waals surface area contributed by atoms with E-state index < -0.39 is 6.10 Å². The summed E-state index contributed by atoms with van der Waals surface area (Å²) in [6.45, 7) is 19.5. The van der Waals surface area contributed by atoms with E-state index in [4.69, 9.17) is 19.3 Å². The van der Waals surface area contributed by atoms with Crippen LogP contribution in [-0.4, -0.2) is 53.8 Å². The summed E-state index contributed by atoms with van der Waals surface area (Å²) < 4.78 is 20.9. The van der Waals surface area contributed by atoms with Crippen molar-refractivity contribution in [2.75, 3.05) is 19.8 Å². The second-order valence-electron chi connectivity index (χ2n) is 12.2. The number of aliphatic hydroxyl groups excluding tert-OH is 2. The van der Waals surface area contributed by atoms with Gasteiger partial charge in [-0.25, -0.2) is 0 Å². The average Bonchev–Trinajstić information content (AvgIpc) is 3.01. The van der Waals surface area contributed by atoms with Crippen LogP contribution in [0.4, 0.5) is 0 Å². The van der Waals surface area contributed by atoms with Crippen LogP contribution in [-0.2, 0) is 11.2 Å². The monoisotopic (exact) mass is 640 g/mol. The third kappa shape index (κ3) is 15.8. The van der Waals surface area contributed by atoms with Crippen molar-refractivity contribution >= 4 is 11.9 Å². The molecule has 3 rings (SSSR count). The van der Waals surface area contributed by atoms with Crippen LogP contribution in [0.5, 0.6) is 11.5 Å². The zero-order chi connectivity index (χ0) is 33.2. The molecule has 0 spiro atoms. The van der Waals surface area contributed by atoms with E-state index in [1.807, 2.05) is 90.9 Å². The molecular weight excluding hydrogens is 584 g/mol. The summed E-state index contributed by atoms with van der Waals surface area (Å²) in [6.07, 6.45) is 10.1. The fourth-order valence-corrected chi connectivity index (χ4v) is 5.13. The van der Waals surface area contributed by atoms with E-state index in [-0.39, 0.29) is 17.7 Å². The van der Waals surface area contributed by atoms with E-state index in [0.717, 1.165) is 53.2 Å². The minimum absolute atomic E-state index is 0.0648. The normalized spacial score (nSPS) is 14.1. The van der Waals surface area contributed by atoms with E-state index in [1.54, 1.807) is 0 Å². The lowest BCUT2D eigenvalue weighted by atomic mass is 10.0. The van der Waals surface area contributed by atoms with Gasteiger partial charge in [-0.05, 0) is 126 Å². The van der Waals surface area contributed by atoms with Crippen LogP contribution in [0.25, 0.3) is 0 Å². The molecule has 2 aromatic rings. The van der Waals surface area contributed by atoms with E-state index in [2.05, 4.69) is 34.8 Å². The Morgan fingerprint density at radius 3 is 2.31 bits per heavy atom. The van der Waals surface area contributed by atoms with Crippen molar-refractivity contribution < 1.29 is 24.4 Å². The van der Waals surface area contributed by atoms with Crippen LogP contribution in [0.2, 0.25) is 0 Å². The SMILES string of the molecule is C=C(NC(Cc1ccc(OCC2=CC=CCC2)cc1)C(O)CNSc1ccc(C)c(OCC)c1)OC(C)(C)C.CCC(O)CC. The van der Waals surface area contributed by atoms with Crippen LogP contribution >= 0.6 is 11.9 Å². The molecule has 4 N–H and O–H groups in total. The van der Waals surface area contributed by atoms with Gasteiger partial charge in [0.05, 0.1) is 24.9 Å². The van der Waals surface area contributed by atoms with Gasteiger partial charge in [0.15, 0.2) is 5.88 Å². The second kappa shape index (κ2) is 20.3. The molecule has 7 nitrogen and oxygen atoms in total. The predicted octanol–water partition coefficient (Wildman–Crippen LogP) is 7.66. The molecule has 0 fully saturated rings. The van der Waals surface area contributed by atoms with Crippen LogP contribution in [0.15, 0.2) is 83.6 Å². The molecule has 8 heteroatoms.